The number of rotatable bonds is 5. The summed E-state index contributed by atoms with van der Waals surface area (Å²) in [6, 6.07) is 12.7. The summed E-state index contributed by atoms with van der Waals surface area (Å²) < 4.78 is 26.0. The van der Waals surface area contributed by atoms with E-state index >= 15 is 0 Å². The van der Waals surface area contributed by atoms with Gasteiger partial charge >= 0.3 is 0 Å². The van der Waals surface area contributed by atoms with Gasteiger partial charge in [-0.3, -0.25) is 0 Å². The molecule has 0 nitrogen and oxygen atoms in total. The zero-order chi connectivity index (χ0) is 15.3. The van der Waals surface area contributed by atoms with Crippen LogP contribution in [0.1, 0.15) is 5.56 Å². The second kappa shape index (κ2) is 6.46. The molecule has 0 bridgehead atoms. The molecule has 21 heavy (non-hydrogen) atoms. The molecular formula is C18H16F2Si. The van der Waals surface area contributed by atoms with E-state index in [9.17, 15) is 8.78 Å². The van der Waals surface area contributed by atoms with Crippen LogP contribution in [0.4, 0.5) is 8.78 Å². The maximum Gasteiger partial charge on any atom is 0.156 e. The molecule has 0 unspecified atom stereocenters. The average molecular weight is 298 g/mol. The van der Waals surface area contributed by atoms with E-state index in [4.69, 9.17) is 0 Å². The van der Waals surface area contributed by atoms with Gasteiger partial charge in [0.2, 0.25) is 0 Å². The predicted molar refractivity (Wildman–Crippen MR) is 87.6 cm³/mol. The van der Waals surface area contributed by atoms with Gasteiger partial charge in [-0.15, -0.1) is 13.2 Å². The summed E-state index contributed by atoms with van der Waals surface area (Å²) >= 11 is 0. The number of halogens is 2. The number of hydrogen-bond donors (Lipinski definition) is 0. The van der Waals surface area contributed by atoms with E-state index in [-0.39, 0.29) is 11.6 Å². The van der Waals surface area contributed by atoms with Crippen LogP contribution >= 0.6 is 0 Å². The Morgan fingerprint density at radius 2 is 1.24 bits per heavy atom. The van der Waals surface area contributed by atoms with Crippen LogP contribution in [0.25, 0.3) is 6.08 Å². The van der Waals surface area contributed by atoms with Gasteiger partial charge < -0.3 is 0 Å². The van der Waals surface area contributed by atoms with Crippen LogP contribution in [0.3, 0.4) is 0 Å². The molecule has 0 atom stereocenters. The molecule has 2 aromatic rings. The third kappa shape index (κ3) is 3.44. The van der Waals surface area contributed by atoms with Gasteiger partial charge in [0.05, 0.1) is 0 Å². The van der Waals surface area contributed by atoms with Gasteiger partial charge in [0.1, 0.15) is 11.6 Å². The topological polar surface area (TPSA) is 0 Å². The van der Waals surface area contributed by atoms with Crippen LogP contribution in [0.2, 0.25) is 0 Å². The van der Waals surface area contributed by atoms with Gasteiger partial charge in [0.25, 0.3) is 0 Å². The Balaban J connectivity index is 2.38. The van der Waals surface area contributed by atoms with Crippen LogP contribution in [-0.2, 0) is 0 Å². The van der Waals surface area contributed by atoms with Crippen LogP contribution in [0.5, 0.6) is 0 Å². The highest BCUT2D eigenvalue weighted by molar-refractivity contribution is 7.03. The second-order valence-electron chi connectivity index (χ2n) is 4.73. The van der Waals surface area contributed by atoms with Gasteiger partial charge in [0.15, 0.2) is 8.07 Å². The molecule has 3 heteroatoms. The molecule has 0 aliphatic carbocycles. The van der Waals surface area contributed by atoms with E-state index in [0.29, 0.717) is 0 Å². The Labute approximate surface area is 124 Å². The molecule has 0 saturated heterocycles. The van der Waals surface area contributed by atoms with Crippen molar-refractivity contribution in [1.29, 1.82) is 0 Å². The van der Waals surface area contributed by atoms with Crippen molar-refractivity contribution in [3.8, 4) is 0 Å². The standard InChI is InChI=1S/C18H16F2Si/c1-3-21(4-2,18-11-9-17(20)10-12-18)14-13-15-5-7-16(19)8-6-15/h3-14H,1-2H2. The van der Waals surface area contributed by atoms with Crippen molar-refractivity contribution in [1.82, 2.24) is 0 Å². The van der Waals surface area contributed by atoms with E-state index < -0.39 is 8.07 Å². The fourth-order valence-corrected chi connectivity index (χ4v) is 4.41. The van der Waals surface area contributed by atoms with E-state index in [0.717, 1.165) is 10.8 Å². The van der Waals surface area contributed by atoms with Crippen LogP contribution in [0.15, 0.2) is 78.8 Å². The number of benzene rings is 2. The van der Waals surface area contributed by atoms with Crippen LogP contribution in [-0.4, -0.2) is 8.07 Å². The van der Waals surface area contributed by atoms with Gasteiger partial charge in [-0.1, -0.05) is 47.4 Å². The molecule has 0 aliphatic heterocycles. The smallest absolute Gasteiger partial charge is 0.156 e. The first-order valence-corrected chi connectivity index (χ1v) is 8.81. The van der Waals surface area contributed by atoms with Gasteiger partial charge in [-0.25, -0.2) is 8.78 Å². The highest BCUT2D eigenvalue weighted by Gasteiger charge is 2.25. The molecular weight excluding hydrogens is 282 g/mol. The van der Waals surface area contributed by atoms with Crippen molar-refractivity contribution in [3.63, 3.8) is 0 Å². The SMILES string of the molecule is C=C[Si](C=C)(C=Cc1ccc(F)cc1)c1ccc(F)cc1. The molecule has 0 amide bonds. The molecule has 0 spiro atoms. The Bertz CT molecular complexity index is 647. The van der Waals surface area contributed by atoms with Gasteiger partial charge in [0, 0.05) is 0 Å². The molecule has 0 aliphatic rings. The van der Waals surface area contributed by atoms with Crippen LogP contribution in [0, 0.1) is 11.6 Å². The van der Waals surface area contributed by atoms with Crippen molar-refractivity contribution >= 4 is 19.3 Å². The fraction of sp³-hybridized carbons (Fsp3) is 0. The Kier molecular flexibility index (Phi) is 4.65. The third-order valence-corrected chi connectivity index (χ3v) is 6.84. The van der Waals surface area contributed by atoms with Crippen molar-refractivity contribution < 1.29 is 8.78 Å². The van der Waals surface area contributed by atoms with Gasteiger partial charge in [-0.05, 0) is 35.0 Å². The molecule has 0 aromatic heterocycles. The molecule has 2 rings (SSSR count). The minimum absolute atomic E-state index is 0.262. The lowest BCUT2D eigenvalue weighted by Crippen LogP contribution is -2.42. The summed E-state index contributed by atoms with van der Waals surface area (Å²) in [6.07, 6.45) is 1.93. The lowest BCUT2D eigenvalue weighted by Gasteiger charge is -2.20. The largest absolute Gasteiger partial charge is 0.207 e. The lowest BCUT2D eigenvalue weighted by atomic mass is 10.2. The van der Waals surface area contributed by atoms with E-state index in [2.05, 4.69) is 13.2 Å². The summed E-state index contributed by atoms with van der Waals surface area (Å²) in [6.45, 7) is 7.83. The summed E-state index contributed by atoms with van der Waals surface area (Å²) in [5.74, 6) is -0.529. The summed E-state index contributed by atoms with van der Waals surface area (Å²) in [7, 11) is -2.25. The third-order valence-electron chi connectivity index (χ3n) is 3.44. The molecule has 106 valence electrons. The molecule has 0 N–H and O–H groups in total. The normalized spacial score (nSPS) is 11.5. The quantitative estimate of drug-likeness (QED) is 0.721. The maximum absolute atomic E-state index is 13.1. The minimum Gasteiger partial charge on any atom is -0.207 e. The highest BCUT2D eigenvalue weighted by atomic mass is 28.3. The zero-order valence-electron chi connectivity index (χ0n) is 11.6. The Morgan fingerprint density at radius 3 is 1.71 bits per heavy atom. The fourth-order valence-electron chi connectivity index (χ4n) is 2.10. The van der Waals surface area contributed by atoms with Crippen molar-refractivity contribution in [2.24, 2.45) is 0 Å². The lowest BCUT2D eigenvalue weighted by molar-refractivity contribution is 0.627. The van der Waals surface area contributed by atoms with Crippen molar-refractivity contribution in [3.05, 3.63) is 96.0 Å². The number of hydrogen-bond acceptors (Lipinski definition) is 0. The predicted octanol–water partition coefficient (Wildman–Crippen LogP) is 4.32. The van der Waals surface area contributed by atoms with E-state index in [1.165, 1.54) is 24.3 Å². The average Bonchev–Trinajstić information content (AvgIpc) is 2.52. The molecule has 0 saturated carbocycles. The molecule has 0 radical (unpaired) electrons. The monoisotopic (exact) mass is 298 g/mol. The Hall–Kier alpha value is -2.26. The first kappa shape index (κ1) is 15.1. The first-order chi connectivity index (χ1) is 10.1. The molecule has 0 heterocycles. The zero-order valence-corrected chi connectivity index (χ0v) is 12.6. The molecule has 2 aromatic carbocycles. The van der Waals surface area contributed by atoms with E-state index in [1.54, 1.807) is 24.3 Å². The van der Waals surface area contributed by atoms with Gasteiger partial charge in [-0.2, -0.15) is 0 Å². The summed E-state index contributed by atoms with van der Waals surface area (Å²) in [4.78, 5) is 0. The Morgan fingerprint density at radius 1 is 0.762 bits per heavy atom. The van der Waals surface area contributed by atoms with E-state index in [1.807, 2.05) is 23.2 Å². The minimum atomic E-state index is -2.25. The highest BCUT2D eigenvalue weighted by Crippen LogP contribution is 2.13. The second-order valence-corrected chi connectivity index (χ2v) is 8.33. The molecule has 0 fully saturated rings. The summed E-state index contributed by atoms with van der Waals surface area (Å²) in [5, 5.41) is 1.01. The van der Waals surface area contributed by atoms with Crippen molar-refractivity contribution in [2.75, 3.05) is 0 Å². The maximum atomic E-state index is 13.1. The van der Waals surface area contributed by atoms with Crippen LogP contribution < -0.4 is 5.19 Å². The summed E-state index contributed by atoms with van der Waals surface area (Å²) in [5.41, 5.74) is 6.72. The first-order valence-electron chi connectivity index (χ1n) is 6.58. The van der Waals surface area contributed by atoms with Crippen molar-refractivity contribution in [2.45, 2.75) is 0 Å².